The Labute approximate surface area is 189 Å². The highest BCUT2D eigenvalue weighted by molar-refractivity contribution is 5.80. The van der Waals surface area contributed by atoms with Crippen LogP contribution in [0.5, 0.6) is 0 Å². The number of fused-ring (bicyclic) bond motifs is 3. The van der Waals surface area contributed by atoms with Crippen LogP contribution in [-0.4, -0.2) is 13.1 Å². The lowest BCUT2D eigenvalue weighted by molar-refractivity contribution is 0.740. The van der Waals surface area contributed by atoms with Crippen LogP contribution in [0.2, 0.25) is 0 Å². The quantitative estimate of drug-likeness (QED) is 0.451. The molecule has 0 aliphatic carbocycles. The van der Waals surface area contributed by atoms with Gasteiger partial charge in [0.2, 0.25) is 0 Å². The lowest BCUT2D eigenvalue weighted by Gasteiger charge is -2.23. The molecule has 0 amide bonds. The highest BCUT2D eigenvalue weighted by atomic mass is 15.0. The number of rotatable bonds is 8. The second kappa shape index (κ2) is 9.69. The first-order valence-corrected chi connectivity index (χ1v) is 11.1. The van der Waals surface area contributed by atoms with Gasteiger partial charge in [0.05, 0.1) is 11.4 Å². The molecular formula is C28H28N4. The van der Waals surface area contributed by atoms with Gasteiger partial charge in [-0.15, -0.1) is 0 Å². The average Bonchev–Trinajstić information content (AvgIpc) is 2.85. The molecule has 4 nitrogen and oxygen atoms in total. The third-order valence-corrected chi connectivity index (χ3v) is 5.74. The maximum atomic E-state index is 3.65. The van der Waals surface area contributed by atoms with E-state index in [0.717, 1.165) is 37.6 Å². The van der Waals surface area contributed by atoms with Gasteiger partial charge < -0.3 is 21.3 Å². The van der Waals surface area contributed by atoms with Gasteiger partial charge in [-0.3, -0.25) is 0 Å². The maximum absolute atomic E-state index is 3.65. The molecule has 4 N–H and O–H groups in total. The van der Waals surface area contributed by atoms with Gasteiger partial charge in [0, 0.05) is 48.0 Å². The van der Waals surface area contributed by atoms with Crippen molar-refractivity contribution in [2.24, 2.45) is 0 Å². The van der Waals surface area contributed by atoms with E-state index in [-0.39, 0.29) is 0 Å². The lowest BCUT2D eigenvalue weighted by atomic mass is 10.1. The summed E-state index contributed by atoms with van der Waals surface area (Å²) < 4.78 is 0. The van der Waals surface area contributed by atoms with Crippen LogP contribution in [0.25, 0.3) is 12.2 Å². The van der Waals surface area contributed by atoms with Gasteiger partial charge in [-0.25, -0.2) is 0 Å². The minimum absolute atomic E-state index is 0.791. The molecule has 0 fully saturated rings. The Morgan fingerprint density at radius 3 is 1.34 bits per heavy atom. The zero-order valence-corrected chi connectivity index (χ0v) is 18.1. The standard InChI is InChI=1S/C28H28N4/c1-3-7-21(8-4-1)17-29-19-25-15-13-23-11-12-24-14-16-26(32-28(24)27(23)31-25)20-30-18-22-9-5-2-6-10-22/h1-16,29-32H,17-20H2. The summed E-state index contributed by atoms with van der Waals surface area (Å²) in [5, 5.41) is 16.8. The van der Waals surface area contributed by atoms with E-state index in [2.05, 4.69) is 106 Å². The van der Waals surface area contributed by atoms with E-state index in [1.54, 1.807) is 0 Å². The van der Waals surface area contributed by atoms with Gasteiger partial charge >= 0.3 is 0 Å². The van der Waals surface area contributed by atoms with Crippen molar-refractivity contribution in [2.75, 3.05) is 23.7 Å². The summed E-state index contributed by atoms with van der Waals surface area (Å²) in [6, 6.07) is 25.3. The van der Waals surface area contributed by atoms with Crippen molar-refractivity contribution >= 4 is 23.5 Å². The van der Waals surface area contributed by atoms with E-state index in [9.17, 15) is 0 Å². The summed E-state index contributed by atoms with van der Waals surface area (Å²) in [6.07, 6.45) is 8.72. The van der Waals surface area contributed by atoms with E-state index >= 15 is 0 Å². The largest absolute Gasteiger partial charge is 0.356 e. The van der Waals surface area contributed by atoms with Crippen LogP contribution in [0.4, 0.5) is 11.4 Å². The summed E-state index contributed by atoms with van der Waals surface area (Å²) in [4.78, 5) is 0. The average molecular weight is 421 g/mol. The highest BCUT2D eigenvalue weighted by Crippen LogP contribution is 2.21. The molecule has 4 heteroatoms. The second-order valence-electron chi connectivity index (χ2n) is 8.14. The van der Waals surface area contributed by atoms with Crippen LogP contribution in [0, 0.1) is 0 Å². The Bertz CT molecular complexity index is 1160. The molecule has 3 aromatic rings. The number of nitrogens with one attached hydrogen (secondary N) is 4. The van der Waals surface area contributed by atoms with Crippen LogP contribution in [0.3, 0.4) is 0 Å². The number of benzene rings is 3. The molecule has 2 aliphatic heterocycles. The maximum Gasteiger partial charge on any atom is 0.0701 e. The molecule has 0 saturated heterocycles. The molecule has 2 aliphatic rings. The first-order valence-electron chi connectivity index (χ1n) is 11.1. The number of allylic oxidation sites excluding steroid dienone is 2. The highest BCUT2D eigenvalue weighted by Gasteiger charge is 2.14. The first-order chi connectivity index (χ1) is 15.8. The summed E-state index contributed by atoms with van der Waals surface area (Å²) in [6.45, 7) is 3.29. The first kappa shape index (κ1) is 20.3. The lowest BCUT2D eigenvalue weighted by Crippen LogP contribution is -2.30. The van der Waals surface area contributed by atoms with Crippen molar-refractivity contribution in [1.82, 2.24) is 10.6 Å². The van der Waals surface area contributed by atoms with Gasteiger partial charge in [-0.2, -0.15) is 0 Å². The fourth-order valence-electron chi connectivity index (χ4n) is 4.05. The fourth-order valence-corrected chi connectivity index (χ4v) is 4.05. The molecule has 5 rings (SSSR count). The molecule has 0 spiro atoms. The molecular weight excluding hydrogens is 392 g/mol. The molecule has 0 radical (unpaired) electrons. The van der Waals surface area contributed by atoms with Crippen LogP contribution in [0.1, 0.15) is 11.1 Å². The molecule has 0 atom stereocenters. The minimum Gasteiger partial charge on any atom is -0.356 e. The predicted molar refractivity (Wildman–Crippen MR) is 134 cm³/mol. The molecule has 0 bridgehead atoms. The van der Waals surface area contributed by atoms with Crippen molar-refractivity contribution in [3.8, 4) is 0 Å². The molecule has 0 unspecified atom stereocenters. The Hall–Kier alpha value is -3.60. The van der Waals surface area contributed by atoms with Crippen LogP contribution in [-0.2, 0) is 13.1 Å². The molecule has 0 saturated carbocycles. The smallest absolute Gasteiger partial charge is 0.0701 e. The Balaban J connectivity index is 1.22. The summed E-state index contributed by atoms with van der Waals surface area (Å²) >= 11 is 0. The SMILES string of the molecule is C1=C(CNCc2ccccc2)Nc2c3c(ccc2=C1)=CC=C(CNCc1ccccc1)N3. The van der Waals surface area contributed by atoms with Crippen molar-refractivity contribution < 1.29 is 0 Å². The Morgan fingerprint density at radius 2 is 0.906 bits per heavy atom. The summed E-state index contributed by atoms with van der Waals surface area (Å²) in [7, 11) is 0. The van der Waals surface area contributed by atoms with Crippen molar-refractivity contribution in [3.05, 3.63) is 118 Å². The summed E-state index contributed by atoms with van der Waals surface area (Å²) in [5.74, 6) is 0. The van der Waals surface area contributed by atoms with Crippen LogP contribution >= 0.6 is 0 Å². The van der Waals surface area contributed by atoms with Crippen LogP contribution in [0.15, 0.2) is 96.3 Å². The van der Waals surface area contributed by atoms with Crippen molar-refractivity contribution in [3.63, 3.8) is 0 Å². The van der Waals surface area contributed by atoms with Gasteiger partial charge in [-0.05, 0) is 23.3 Å². The Morgan fingerprint density at radius 1 is 0.469 bits per heavy atom. The third kappa shape index (κ3) is 4.83. The summed E-state index contributed by atoms with van der Waals surface area (Å²) in [5.41, 5.74) is 7.21. The number of hydrogen-bond acceptors (Lipinski definition) is 4. The monoisotopic (exact) mass is 420 g/mol. The van der Waals surface area contributed by atoms with Crippen molar-refractivity contribution in [2.45, 2.75) is 13.1 Å². The van der Waals surface area contributed by atoms with E-state index in [1.165, 1.54) is 33.0 Å². The van der Waals surface area contributed by atoms with E-state index in [1.807, 2.05) is 12.1 Å². The zero-order chi connectivity index (χ0) is 21.6. The Kier molecular flexibility index (Phi) is 6.15. The van der Waals surface area contributed by atoms with Crippen LogP contribution < -0.4 is 31.7 Å². The predicted octanol–water partition coefficient (Wildman–Crippen LogP) is 3.45. The zero-order valence-electron chi connectivity index (χ0n) is 18.1. The van der Waals surface area contributed by atoms with E-state index < -0.39 is 0 Å². The molecule has 2 heterocycles. The molecule has 0 aromatic heterocycles. The number of hydrogen-bond donors (Lipinski definition) is 4. The normalized spacial score (nSPS) is 13.9. The topological polar surface area (TPSA) is 48.1 Å². The molecule has 3 aromatic carbocycles. The van der Waals surface area contributed by atoms with Gasteiger partial charge in [-0.1, -0.05) is 84.9 Å². The minimum atomic E-state index is 0.791. The third-order valence-electron chi connectivity index (χ3n) is 5.74. The fraction of sp³-hybridized carbons (Fsp3) is 0.143. The number of anilines is 2. The van der Waals surface area contributed by atoms with Gasteiger partial charge in [0.15, 0.2) is 0 Å². The second-order valence-corrected chi connectivity index (χ2v) is 8.14. The van der Waals surface area contributed by atoms with Gasteiger partial charge in [0.1, 0.15) is 0 Å². The van der Waals surface area contributed by atoms with Crippen molar-refractivity contribution in [1.29, 1.82) is 0 Å². The van der Waals surface area contributed by atoms with Gasteiger partial charge in [0.25, 0.3) is 0 Å². The van der Waals surface area contributed by atoms with E-state index in [0.29, 0.717) is 0 Å². The molecule has 32 heavy (non-hydrogen) atoms. The van der Waals surface area contributed by atoms with E-state index in [4.69, 9.17) is 0 Å². The molecule has 160 valence electrons.